The molecule has 4 rings (SSSR count). The predicted molar refractivity (Wildman–Crippen MR) is 114 cm³/mol. The molecule has 12 heteroatoms. The van der Waals surface area contributed by atoms with Crippen LogP contribution in [0.2, 0.25) is 0 Å². The van der Waals surface area contributed by atoms with Gasteiger partial charge in [-0.1, -0.05) is 11.8 Å². The quantitative estimate of drug-likeness (QED) is 0.381. The van der Waals surface area contributed by atoms with Crippen molar-refractivity contribution in [2.45, 2.75) is 33.4 Å². The van der Waals surface area contributed by atoms with Crippen molar-refractivity contribution in [2.75, 3.05) is 5.32 Å². The summed E-state index contributed by atoms with van der Waals surface area (Å²) in [5.74, 6) is -0.0457. The lowest BCUT2D eigenvalue weighted by Gasteiger charge is -2.09. The molecule has 3 aromatic heterocycles. The van der Waals surface area contributed by atoms with E-state index in [0.29, 0.717) is 26.0 Å². The predicted octanol–water partition coefficient (Wildman–Crippen LogP) is 3.55. The highest BCUT2D eigenvalue weighted by Crippen LogP contribution is 2.31. The van der Waals surface area contributed by atoms with Crippen LogP contribution in [-0.2, 0) is 11.2 Å². The van der Waals surface area contributed by atoms with Gasteiger partial charge in [0, 0.05) is 16.0 Å². The molecular weight excluding hydrogens is 442 g/mol. The molecule has 0 saturated heterocycles. The highest BCUT2D eigenvalue weighted by Gasteiger charge is 2.16. The summed E-state index contributed by atoms with van der Waals surface area (Å²) in [6, 6.07) is 6.75. The van der Waals surface area contributed by atoms with E-state index in [9.17, 15) is 9.90 Å². The van der Waals surface area contributed by atoms with Crippen LogP contribution in [0.15, 0.2) is 63.1 Å². The zero-order valence-corrected chi connectivity index (χ0v) is 18.0. The third-order valence-corrected chi connectivity index (χ3v) is 6.29. The van der Waals surface area contributed by atoms with Crippen LogP contribution in [0.1, 0.15) is 10.6 Å². The van der Waals surface area contributed by atoms with Crippen molar-refractivity contribution in [3.63, 3.8) is 0 Å². The molecule has 1 amide bonds. The van der Waals surface area contributed by atoms with Gasteiger partial charge in [0.05, 0.1) is 18.3 Å². The number of aromatic hydroxyl groups is 1. The summed E-state index contributed by atoms with van der Waals surface area (Å²) in [6.45, 7) is 1.93. The van der Waals surface area contributed by atoms with Crippen molar-refractivity contribution >= 4 is 45.9 Å². The highest BCUT2D eigenvalue weighted by atomic mass is 32.2. The van der Waals surface area contributed by atoms with Crippen LogP contribution in [-0.4, -0.2) is 41.1 Å². The van der Waals surface area contributed by atoms with Crippen LogP contribution in [0.3, 0.4) is 0 Å². The average Bonchev–Trinajstić information content (AvgIpc) is 3.37. The molecule has 0 aliphatic carbocycles. The van der Waals surface area contributed by atoms with Gasteiger partial charge in [0.2, 0.25) is 5.91 Å². The molecule has 0 aliphatic rings. The number of hydrogen-bond donors (Lipinski definition) is 3. The lowest BCUT2D eigenvalue weighted by atomic mass is 10.3. The Balaban J connectivity index is 1.57. The summed E-state index contributed by atoms with van der Waals surface area (Å²) in [5.41, 5.74) is 0.531. The van der Waals surface area contributed by atoms with Gasteiger partial charge in [0.15, 0.2) is 10.3 Å². The molecule has 152 valence electrons. The normalized spacial score (nSPS) is 10.8. The number of benzene rings is 1. The Kier molecular flexibility index (Phi) is 6.26. The number of phenols is 1. The number of amides is 1. The van der Waals surface area contributed by atoms with Gasteiger partial charge >= 0.3 is 0 Å². The highest BCUT2D eigenvalue weighted by molar-refractivity contribution is 7.99. The third kappa shape index (κ3) is 5.34. The number of carbonyl (C=O) groups is 1. The second-order valence-corrected chi connectivity index (χ2v) is 9.26. The Bertz CT molecular complexity index is 1150. The molecule has 9 nitrogen and oxygen atoms in total. The minimum absolute atomic E-state index is 0.0385. The van der Waals surface area contributed by atoms with Crippen molar-refractivity contribution in [3.8, 4) is 5.75 Å². The van der Waals surface area contributed by atoms with Gasteiger partial charge in [-0.25, -0.2) is 19.9 Å². The number of carbonyl (C=O) groups excluding carboxylic acids is 1. The average molecular weight is 458 g/mol. The second kappa shape index (κ2) is 9.24. The number of nitrogens with zero attached hydrogens (tertiary/aromatic N) is 5. The SMILES string of the molecule is Cc1cnc(NC(=O)Cc2nc(Sc3ncn[nH]3)cnc2Sc2ccc(O)cc2)s1. The summed E-state index contributed by atoms with van der Waals surface area (Å²) in [6.07, 6.45) is 4.79. The van der Waals surface area contributed by atoms with E-state index in [1.165, 1.54) is 41.2 Å². The minimum atomic E-state index is -0.229. The first-order valence-corrected chi connectivity index (χ1v) is 11.1. The number of aromatic amines is 1. The molecule has 0 aliphatic heterocycles. The number of hydrogen-bond acceptors (Lipinski definition) is 10. The van der Waals surface area contributed by atoms with E-state index in [4.69, 9.17) is 0 Å². The fourth-order valence-electron chi connectivity index (χ4n) is 2.34. The van der Waals surface area contributed by atoms with Crippen molar-refractivity contribution in [1.82, 2.24) is 30.1 Å². The lowest BCUT2D eigenvalue weighted by Crippen LogP contribution is -2.16. The summed E-state index contributed by atoms with van der Waals surface area (Å²) in [7, 11) is 0. The minimum Gasteiger partial charge on any atom is -0.508 e. The van der Waals surface area contributed by atoms with Crippen molar-refractivity contribution < 1.29 is 9.90 Å². The molecule has 0 atom stereocenters. The van der Waals surface area contributed by atoms with E-state index >= 15 is 0 Å². The first-order chi connectivity index (χ1) is 14.5. The number of thiazole rings is 1. The first kappa shape index (κ1) is 20.3. The van der Waals surface area contributed by atoms with Gasteiger partial charge < -0.3 is 10.4 Å². The summed E-state index contributed by atoms with van der Waals surface area (Å²) >= 11 is 4.05. The molecule has 0 bridgehead atoms. The van der Waals surface area contributed by atoms with Crippen molar-refractivity contribution in [1.29, 1.82) is 0 Å². The molecule has 1 aromatic carbocycles. The van der Waals surface area contributed by atoms with E-state index in [1.807, 2.05) is 6.92 Å². The second-order valence-electron chi connectivity index (χ2n) is 5.95. The van der Waals surface area contributed by atoms with Gasteiger partial charge in [-0.05, 0) is 43.0 Å². The fourth-order valence-corrected chi connectivity index (χ4v) is 4.52. The third-order valence-electron chi connectivity index (χ3n) is 3.63. The Labute approximate surface area is 183 Å². The summed E-state index contributed by atoms with van der Waals surface area (Å²) < 4.78 is 0. The molecule has 0 unspecified atom stereocenters. The van der Waals surface area contributed by atoms with E-state index in [-0.39, 0.29) is 18.1 Å². The van der Waals surface area contributed by atoms with Gasteiger partial charge in [0.25, 0.3) is 0 Å². The van der Waals surface area contributed by atoms with Gasteiger partial charge in [-0.2, -0.15) is 5.10 Å². The topological polar surface area (TPSA) is 130 Å². The van der Waals surface area contributed by atoms with Gasteiger partial charge in [-0.3, -0.25) is 9.89 Å². The van der Waals surface area contributed by atoms with Crippen molar-refractivity contribution in [2.24, 2.45) is 0 Å². The van der Waals surface area contributed by atoms with E-state index in [1.54, 1.807) is 36.7 Å². The maximum absolute atomic E-state index is 12.6. The van der Waals surface area contributed by atoms with Gasteiger partial charge in [0.1, 0.15) is 22.1 Å². The number of rotatable bonds is 7. The molecule has 0 saturated carbocycles. The zero-order chi connectivity index (χ0) is 20.9. The van der Waals surface area contributed by atoms with Crippen LogP contribution < -0.4 is 5.32 Å². The van der Waals surface area contributed by atoms with Crippen LogP contribution in [0, 0.1) is 6.92 Å². The number of H-pyrrole nitrogens is 1. The number of phenolic OH excluding ortho intramolecular Hbond substituents is 1. The molecule has 3 N–H and O–H groups in total. The van der Waals surface area contributed by atoms with E-state index < -0.39 is 0 Å². The molecular formula is C18H15N7O2S3. The molecule has 30 heavy (non-hydrogen) atoms. The zero-order valence-electron chi connectivity index (χ0n) is 15.6. The molecule has 0 fully saturated rings. The van der Waals surface area contributed by atoms with Crippen molar-refractivity contribution in [3.05, 3.63) is 53.6 Å². The Morgan fingerprint density at radius 2 is 2.00 bits per heavy atom. The maximum atomic E-state index is 12.6. The molecule has 0 radical (unpaired) electrons. The fraction of sp³-hybridized carbons (Fsp3) is 0.111. The molecule has 4 aromatic rings. The molecule has 3 heterocycles. The standard InChI is InChI=1S/C18H15N7O2S3/c1-10-7-20-17(28-10)24-14(27)6-13-16(29-12-4-2-11(26)3-5-12)19-8-15(23-13)30-18-21-9-22-25-18/h2-5,7-9,26H,6H2,1H3,(H,20,24,27)(H,21,22,25). The number of nitrogens with one attached hydrogen (secondary N) is 2. The van der Waals surface area contributed by atoms with Crippen LogP contribution in [0.25, 0.3) is 0 Å². The summed E-state index contributed by atoms with van der Waals surface area (Å²) in [5, 5.41) is 21.2. The smallest absolute Gasteiger partial charge is 0.232 e. The lowest BCUT2D eigenvalue weighted by molar-refractivity contribution is -0.115. The van der Waals surface area contributed by atoms with Gasteiger partial charge in [-0.15, -0.1) is 11.3 Å². The first-order valence-electron chi connectivity index (χ1n) is 8.63. The molecule has 0 spiro atoms. The largest absolute Gasteiger partial charge is 0.508 e. The van der Waals surface area contributed by atoms with Crippen LogP contribution >= 0.6 is 34.9 Å². The number of anilines is 1. The van der Waals surface area contributed by atoms with E-state index in [0.717, 1.165) is 9.77 Å². The number of aryl methyl sites for hydroxylation is 1. The maximum Gasteiger partial charge on any atom is 0.232 e. The number of aromatic nitrogens is 6. The monoisotopic (exact) mass is 457 g/mol. The van der Waals surface area contributed by atoms with E-state index in [2.05, 4.69) is 35.5 Å². The Morgan fingerprint density at radius 3 is 2.70 bits per heavy atom. The summed E-state index contributed by atoms with van der Waals surface area (Å²) in [4.78, 5) is 31.8. The Morgan fingerprint density at radius 1 is 1.17 bits per heavy atom. The Hall–Kier alpha value is -2.96. The van der Waals surface area contributed by atoms with Crippen LogP contribution in [0.4, 0.5) is 5.13 Å². The van der Waals surface area contributed by atoms with Crippen LogP contribution in [0.5, 0.6) is 5.75 Å².